The van der Waals surface area contributed by atoms with Crippen molar-refractivity contribution in [1.82, 2.24) is 5.32 Å². The Morgan fingerprint density at radius 2 is 1.85 bits per heavy atom. The van der Waals surface area contributed by atoms with Gasteiger partial charge in [-0.2, -0.15) is 0 Å². The first-order chi connectivity index (χ1) is 9.69. The quantitative estimate of drug-likeness (QED) is 0.819. The molecule has 1 saturated carbocycles. The molecule has 1 aliphatic carbocycles. The van der Waals surface area contributed by atoms with Crippen LogP contribution in [0.2, 0.25) is 5.02 Å². The maximum Gasteiger partial charge on any atom is 0.0499 e. The van der Waals surface area contributed by atoms with Gasteiger partial charge in [0.1, 0.15) is 0 Å². The minimum atomic E-state index is 0.0953. The zero-order chi connectivity index (χ0) is 14.4. The third-order valence-corrected chi connectivity index (χ3v) is 4.91. The van der Waals surface area contributed by atoms with E-state index in [1.165, 1.54) is 24.8 Å². The Labute approximate surface area is 127 Å². The van der Waals surface area contributed by atoms with Crippen molar-refractivity contribution >= 4 is 11.6 Å². The Morgan fingerprint density at radius 3 is 2.40 bits per heavy atom. The summed E-state index contributed by atoms with van der Waals surface area (Å²) in [5.41, 5.74) is 1.37. The second-order valence-electron chi connectivity index (χ2n) is 6.11. The highest BCUT2D eigenvalue weighted by Gasteiger charge is 2.31. The van der Waals surface area contributed by atoms with Crippen LogP contribution in [0.15, 0.2) is 24.3 Å². The maximum absolute atomic E-state index is 9.78. The number of rotatable bonds is 6. The Kier molecular flexibility index (Phi) is 5.88. The van der Waals surface area contributed by atoms with Crippen LogP contribution in [-0.4, -0.2) is 18.3 Å². The van der Waals surface area contributed by atoms with Crippen LogP contribution < -0.4 is 5.32 Å². The summed E-state index contributed by atoms with van der Waals surface area (Å²) in [6, 6.07) is 8.43. The van der Waals surface area contributed by atoms with E-state index < -0.39 is 0 Å². The molecular formula is C17H26ClNO. The van der Waals surface area contributed by atoms with Gasteiger partial charge in [0.15, 0.2) is 0 Å². The highest BCUT2D eigenvalue weighted by molar-refractivity contribution is 6.30. The zero-order valence-corrected chi connectivity index (χ0v) is 13.1. The molecule has 1 fully saturated rings. The number of aliphatic hydroxyl groups excluding tert-OH is 1. The van der Waals surface area contributed by atoms with Crippen LogP contribution in [0, 0.1) is 5.41 Å². The molecule has 112 valence electrons. The molecule has 0 aliphatic heterocycles. The zero-order valence-electron chi connectivity index (χ0n) is 12.4. The van der Waals surface area contributed by atoms with Crippen molar-refractivity contribution in [2.24, 2.45) is 5.41 Å². The van der Waals surface area contributed by atoms with Crippen LogP contribution in [0.3, 0.4) is 0 Å². The molecule has 3 heteroatoms. The number of hydrogen-bond acceptors (Lipinski definition) is 2. The van der Waals surface area contributed by atoms with E-state index in [2.05, 4.69) is 24.4 Å². The summed E-state index contributed by atoms with van der Waals surface area (Å²) in [5, 5.41) is 14.2. The number of nitrogens with one attached hydrogen (secondary N) is 1. The molecule has 0 saturated heterocycles. The highest BCUT2D eigenvalue weighted by Crippen LogP contribution is 2.36. The van der Waals surface area contributed by atoms with E-state index in [0.717, 1.165) is 30.8 Å². The van der Waals surface area contributed by atoms with E-state index in [9.17, 15) is 5.11 Å². The van der Waals surface area contributed by atoms with E-state index in [1.807, 2.05) is 12.1 Å². The number of benzene rings is 1. The second-order valence-corrected chi connectivity index (χ2v) is 6.55. The van der Waals surface area contributed by atoms with Crippen molar-refractivity contribution in [3.05, 3.63) is 34.9 Å². The molecule has 1 aromatic rings. The van der Waals surface area contributed by atoms with E-state index in [4.69, 9.17) is 11.6 Å². The first-order valence-corrected chi connectivity index (χ1v) is 8.17. The predicted octanol–water partition coefficient (Wildman–Crippen LogP) is 4.32. The summed E-state index contributed by atoms with van der Waals surface area (Å²) < 4.78 is 0. The topological polar surface area (TPSA) is 32.3 Å². The molecule has 0 radical (unpaired) electrons. The molecule has 0 spiro atoms. The van der Waals surface area contributed by atoms with Crippen LogP contribution in [0.5, 0.6) is 0 Å². The van der Waals surface area contributed by atoms with E-state index in [1.54, 1.807) is 0 Å². The molecule has 2 N–H and O–H groups in total. The molecular weight excluding hydrogens is 270 g/mol. The molecule has 2 nitrogen and oxygen atoms in total. The van der Waals surface area contributed by atoms with Crippen LogP contribution in [0.1, 0.15) is 57.1 Å². The van der Waals surface area contributed by atoms with Gasteiger partial charge in [-0.15, -0.1) is 0 Å². The van der Waals surface area contributed by atoms with Crippen LogP contribution in [0.4, 0.5) is 0 Å². The van der Waals surface area contributed by atoms with E-state index >= 15 is 0 Å². The third-order valence-electron chi connectivity index (χ3n) is 4.65. The predicted molar refractivity (Wildman–Crippen MR) is 85.1 cm³/mol. The summed E-state index contributed by atoms with van der Waals surface area (Å²) in [6.07, 6.45) is 7.15. The first kappa shape index (κ1) is 15.8. The van der Waals surface area contributed by atoms with Crippen LogP contribution in [0.25, 0.3) is 0 Å². The second kappa shape index (κ2) is 7.44. The molecule has 1 aromatic carbocycles. The Bertz CT molecular complexity index is 398. The lowest BCUT2D eigenvalue weighted by molar-refractivity contribution is 0.0781. The normalized spacial score (nSPS) is 19.8. The minimum Gasteiger partial charge on any atom is -0.396 e. The van der Waals surface area contributed by atoms with Gasteiger partial charge >= 0.3 is 0 Å². The van der Waals surface area contributed by atoms with Crippen molar-refractivity contribution in [2.75, 3.05) is 13.2 Å². The van der Waals surface area contributed by atoms with E-state index in [-0.39, 0.29) is 5.41 Å². The van der Waals surface area contributed by atoms with Crippen LogP contribution >= 0.6 is 11.6 Å². The molecule has 0 heterocycles. The number of aliphatic hydroxyl groups is 1. The molecule has 0 aromatic heterocycles. The molecule has 1 atom stereocenters. The minimum absolute atomic E-state index is 0.0953. The summed E-state index contributed by atoms with van der Waals surface area (Å²) >= 11 is 5.95. The van der Waals surface area contributed by atoms with Crippen molar-refractivity contribution < 1.29 is 5.11 Å². The van der Waals surface area contributed by atoms with Gasteiger partial charge in [0.2, 0.25) is 0 Å². The molecule has 1 unspecified atom stereocenters. The van der Waals surface area contributed by atoms with E-state index in [0.29, 0.717) is 12.6 Å². The monoisotopic (exact) mass is 295 g/mol. The third kappa shape index (κ3) is 3.97. The van der Waals surface area contributed by atoms with Gasteiger partial charge in [0, 0.05) is 29.6 Å². The van der Waals surface area contributed by atoms with Gasteiger partial charge in [-0.25, -0.2) is 0 Å². The number of hydrogen-bond donors (Lipinski definition) is 2. The average Bonchev–Trinajstić information content (AvgIpc) is 2.50. The summed E-state index contributed by atoms with van der Waals surface area (Å²) in [4.78, 5) is 0. The average molecular weight is 296 g/mol. The van der Waals surface area contributed by atoms with Gasteiger partial charge in [0.05, 0.1) is 0 Å². The fourth-order valence-corrected chi connectivity index (χ4v) is 3.35. The SMILES string of the molecule is CCC(NCC1(CO)CCCCC1)c1ccc(Cl)cc1. The maximum atomic E-state index is 9.78. The van der Waals surface area contributed by atoms with Gasteiger partial charge in [-0.3, -0.25) is 0 Å². The largest absolute Gasteiger partial charge is 0.396 e. The Balaban J connectivity index is 1.97. The fourth-order valence-electron chi connectivity index (χ4n) is 3.23. The lowest BCUT2D eigenvalue weighted by atomic mass is 9.74. The van der Waals surface area contributed by atoms with Crippen LogP contribution in [-0.2, 0) is 0 Å². The number of halogens is 1. The Hall–Kier alpha value is -0.570. The molecule has 20 heavy (non-hydrogen) atoms. The summed E-state index contributed by atoms with van der Waals surface area (Å²) in [7, 11) is 0. The smallest absolute Gasteiger partial charge is 0.0499 e. The van der Waals surface area contributed by atoms with Crippen molar-refractivity contribution in [1.29, 1.82) is 0 Å². The highest BCUT2D eigenvalue weighted by atomic mass is 35.5. The Morgan fingerprint density at radius 1 is 1.20 bits per heavy atom. The van der Waals surface area contributed by atoms with Crippen molar-refractivity contribution in [3.8, 4) is 0 Å². The molecule has 1 aliphatic rings. The van der Waals surface area contributed by atoms with Crippen molar-refractivity contribution in [2.45, 2.75) is 51.5 Å². The first-order valence-electron chi connectivity index (χ1n) is 7.79. The lowest BCUT2D eigenvalue weighted by Gasteiger charge is -2.37. The van der Waals surface area contributed by atoms with Gasteiger partial charge in [0.25, 0.3) is 0 Å². The fraction of sp³-hybridized carbons (Fsp3) is 0.647. The molecule has 0 bridgehead atoms. The van der Waals surface area contributed by atoms with Gasteiger partial charge in [-0.05, 0) is 37.0 Å². The summed E-state index contributed by atoms with van der Waals surface area (Å²) in [5.74, 6) is 0. The van der Waals surface area contributed by atoms with Gasteiger partial charge < -0.3 is 10.4 Å². The molecule has 2 rings (SSSR count). The summed E-state index contributed by atoms with van der Waals surface area (Å²) in [6.45, 7) is 3.40. The standard InChI is InChI=1S/C17H26ClNO/c1-2-16(14-6-8-15(18)9-7-14)19-12-17(13-20)10-4-3-5-11-17/h6-9,16,19-20H,2-5,10-13H2,1H3. The van der Waals surface area contributed by atoms with Gasteiger partial charge in [-0.1, -0.05) is 49.9 Å². The molecule has 0 amide bonds. The lowest BCUT2D eigenvalue weighted by Crippen LogP contribution is -2.40. The van der Waals surface area contributed by atoms with Crippen molar-refractivity contribution in [3.63, 3.8) is 0 Å².